The lowest BCUT2D eigenvalue weighted by atomic mass is 9.93. The van der Waals surface area contributed by atoms with E-state index in [4.69, 9.17) is 14.2 Å². The van der Waals surface area contributed by atoms with Crippen molar-refractivity contribution >= 4 is 23.2 Å². The smallest absolute Gasteiger partial charge is 0.439 e. The number of hydrogen-bond acceptors (Lipinski definition) is 8. The number of aryl methyl sites for hydroxylation is 2. The molecule has 0 saturated carbocycles. The van der Waals surface area contributed by atoms with Gasteiger partial charge >= 0.3 is 5.76 Å². The van der Waals surface area contributed by atoms with E-state index in [9.17, 15) is 18.8 Å². The van der Waals surface area contributed by atoms with Crippen molar-refractivity contribution in [3.63, 3.8) is 0 Å². The average molecular weight is 652 g/mol. The molecule has 1 fully saturated rings. The van der Waals surface area contributed by atoms with E-state index in [1.54, 1.807) is 25.3 Å². The molecular formula is C35H30FN5O5S. The number of ether oxygens (including phenoxy) is 1. The van der Waals surface area contributed by atoms with E-state index in [2.05, 4.69) is 15.5 Å². The number of nitrogens with zero attached hydrogens (tertiary/aromatic N) is 3. The molecule has 5 aromatic rings. The summed E-state index contributed by atoms with van der Waals surface area (Å²) in [5.74, 6) is -0.414. The molecule has 12 heteroatoms. The predicted octanol–water partition coefficient (Wildman–Crippen LogP) is 5.79. The van der Waals surface area contributed by atoms with Crippen LogP contribution < -0.4 is 15.8 Å². The van der Waals surface area contributed by atoms with E-state index in [0.29, 0.717) is 57.2 Å². The van der Waals surface area contributed by atoms with Gasteiger partial charge in [-0.2, -0.15) is 0 Å². The summed E-state index contributed by atoms with van der Waals surface area (Å²) in [7, 11) is 1.65. The molecule has 10 nitrogen and oxygen atoms in total. The van der Waals surface area contributed by atoms with Gasteiger partial charge in [-0.25, -0.2) is 9.18 Å². The Morgan fingerprint density at radius 2 is 1.94 bits per heavy atom. The molecule has 2 atom stereocenters. The average Bonchev–Trinajstić information content (AvgIpc) is 3.92. The van der Waals surface area contributed by atoms with Crippen LogP contribution in [0.25, 0.3) is 21.8 Å². The molecule has 3 aliphatic rings. The number of halogens is 1. The number of aromatic nitrogens is 3. The van der Waals surface area contributed by atoms with Crippen molar-refractivity contribution in [3.05, 3.63) is 109 Å². The monoisotopic (exact) mass is 651 g/mol. The summed E-state index contributed by atoms with van der Waals surface area (Å²) in [5, 5.41) is 7.22. The van der Waals surface area contributed by atoms with E-state index in [1.807, 2.05) is 29.2 Å². The summed E-state index contributed by atoms with van der Waals surface area (Å²) in [6.07, 6.45) is 4.23. The molecular weight excluding hydrogens is 621 g/mol. The first-order valence-electron chi connectivity index (χ1n) is 15.6. The highest BCUT2D eigenvalue weighted by Gasteiger charge is 2.44. The van der Waals surface area contributed by atoms with Crippen LogP contribution in [0.2, 0.25) is 0 Å². The van der Waals surface area contributed by atoms with Crippen molar-refractivity contribution in [1.82, 2.24) is 25.3 Å². The number of pyridine rings is 1. The van der Waals surface area contributed by atoms with E-state index in [-0.39, 0.29) is 35.5 Å². The molecule has 8 rings (SSSR count). The number of rotatable bonds is 8. The van der Waals surface area contributed by atoms with Gasteiger partial charge in [0, 0.05) is 17.0 Å². The first-order chi connectivity index (χ1) is 22.9. The lowest BCUT2D eigenvalue weighted by Crippen LogP contribution is -2.26. The number of thiophene rings is 1. The summed E-state index contributed by atoms with van der Waals surface area (Å²) >= 11 is 1.28. The first kappa shape index (κ1) is 29.3. The molecule has 0 unspecified atom stereocenters. The molecule has 47 heavy (non-hydrogen) atoms. The van der Waals surface area contributed by atoms with Crippen LogP contribution in [0.5, 0.6) is 5.75 Å². The van der Waals surface area contributed by atoms with Gasteiger partial charge in [0.1, 0.15) is 11.6 Å². The molecule has 2 aliphatic heterocycles. The van der Waals surface area contributed by atoms with Gasteiger partial charge in [0.15, 0.2) is 5.82 Å². The second-order valence-corrected chi connectivity index (χ2v) is 13.1. The number of benzene rings is 2. The maximum atomic E-state index is 14.0. The Morgan fingerprint density at radius 1 is 1.09 bits per heavy atom. The van der Waals surface area contributed by atoms with Gasteiger partial charge in [-0.1, -0.05) is 29.4 Å². The van der Waals surface area contributed by atoms with E-state index in [0.717, 1.165) is 48.1 Å². The van der Waals surface area contributed by atoms with Crippen molar-refractivity contribution in [3.8, 4) is 27.6 Å². The molecule has 2 aromatic carbocycles. The van der Waals surface area contributed by atoms with Crippen LogP contribution in [0.1, 0.15) is 79.5 Å². The molecule has 2 N–H and O–H groups in total. The zero-order chi connectivity index (χ0) is 32.2. The summed E-state index contributed by atoms with van der Waals surface area (Å²) in [6, 6.07) is 15.5. The number of H-pyrrole nitrogens is 1. The molecule has 3 aromatic heterocycles. The number of hydrogen-bond donors (Lipinski definition) is 2. The van der Waals surface area contributed by atoms with Crippen molar-refractivity contribution in [2.24, 2.45) is 0 Å². The van der Waals surface area contributed by atoms with Crippen LogP contribution in [0, 0.1) is 5.82 Å². The molecule has 0 spiro atoms. The molecule has 5 heterocycles. The molecule has 0 bridgehead atoms. The number of methoxy groups -OCH3 is 1. The molecule has 0 radical (unpaired) electrons. The molecule has 238 valence electrons. The number of aromatic amines is 1. The van der Waals surface area contributed by atoms with Crippen molar-refractivity contribution < 1.29 is 23.2 Å². The van der Waals surface area contributed by atoms with Crippen LogP contribution in [0.4, 0.5) is 4.39 Å². The van der Waals surface area contributed by atoms with Gasteiger partial charge in [0.05, 0.1) is 46.6 Å². The minimum Gasteiger partial charge on any atom is -0.496 e. The molecule has 2 amide bonds. The second-order valence-electron chi connectivity index (χ2n) is 12.1. The number of amides is 2. The predicted molar refractivity (Wildman–Crippen MR) is 172 cm³/mol. The highest BCUT2D eigenvalue weighted by Crippen LogP contribution is 2.49. The fourth-order valence-electron chi connectivity index (χ4n) is 7.27. The fourth-order valence-corrected chi connectivity index (χ4v) is 8.24. The van der Waals surface area contributed by atoms with Crippen LogP contribution >= 0.6 is 11.3 Å². The Morgan fingerprint density at radius 3 is 2.72 bits per heavy atom. The Labute approximate surface area is 272 Å². The minimum atomic E-state index is -0.734. The zero-order valence-electron chi connectivity index (χ0n) is 25.5. The maximum absolute atomic E-state index is 14.0. The third kappa shape index (κ3) is 5.03. The highest BCUT2D eigenvalue weighted by atomic mass is 32.1. The van der Waals surface area contributed by atoms with Crippen LogP contribution in [-0.4, -0.2) is 45.5 Å². The Bertz CT molecular complexity index is 2100. The topological polar surface area (TPSA) is 130 Å². The Kier molecular flexibility index (Phi) is 7.24. The van der Waals surface area contributed by atoms with Crippen molar-refractivity contribution in [1.29, 1.82) is 0 Å². The summed E-state index contributed by atoms with van der Waals surface area (Å²) in [5.41, 5.74) is 5.92. The number of carbonyl (C=O) groups is 2. The van der Waals surface area contributed by atoms with Crippen LogP contribution in [-0.2, 0) is 19.3 Å². The van der Waals surface area contributed by atoms with E-state index >= 15 is 0 Å². The van der Waals surface area contributed by atoms with Gasteiger partial charge in [0.25, 0.3) is 11.8 Å². The molecule has 1 aliphatic carbocycles. The number of nitrogens with one attached hydrogen (secondary N) is 2. The Balaban J connectivity index is 1.21. The van der Waals surface area contributed by atoms with Crippen LogP contribution in [0.15, 0.2) is 63.9 Å². The van der Waals surface area contributed by atoms with E-state index in [1.165, 1.54) is 23.5 Å². The maximum Gasteiger partial charge on any atom is 0.439 e. The highest BCUT2D eigenvalue weighted by molar-refractivity contribution is 7.17. The van der Waals surface area contributed by atoms with Gasteiger partial charge < -0.3 is 15.0 Å². The van der Waals surface area contributed by atoms with Gasteiger partial charge in [-0.05, 0) is 85.5 Å². The van der Waals surface area contributed by atoms with Gasteiger partial charge in [-0.3, -0.25) is 24.1 Å². The molecule has 1 saturated heterocycles. The summed E-state index contributed by atoms with van der Waals surface area (Å²) in [6.45, 7) is 0.631. The van der Waals surface area contributed by atoms with Crippen molar-refractivity contribution in [2.45, 2.75) is 50.6 Å². The van der Waals surface area contributed by atoms with Crippen LogP contribution in [0.3, 0.4) is 0 Å². The fraction of sp³-hybridized carbons (Fsp3) is 0.286. The lowest BCUT2D eigenvalue weighted by Gasteiger charge is -2.16. The SMILES string of the molecule is COc1cccc2c1CC[C@H]2NC(=O)c1ccc(-c2c3c(nc(CCc4ccc(F)cc4)c2-c2noc(=O)[nH]2)[C@H]2CCCN2C3=O)s1. The minimum absolute atomic E-state index is 0.127. The summed E-state index contributed by atoms with van der Waals surface area (Å²) in [4.78, 5) is 50.6. The quantitative estimate of drug-likeness (QED) is 0.217. The van der Waals surface area contributed by atoms with Gasteiger partial charge in [0.2, 0.25) is 0 Å². The summed E-state index contributed by atoms with van der Waals surface area (Å²) < 4.78 is 24.1. The van der Waals surface area contributed by atoms with Crippen molar-refractivity contribution in [2.75, 3.05) is 13.7 Å². The second kappa shape index (κ2) is 11.6. The standard InChI is InChI=1S/C35H30FN5O5S/c1-45-25-6-2-4-20-21(25)12-14-22(20)38-33(42)27-16-15-26(47-27)29-28(32-39-35(44)46-40-32)23(13-9-18-7-10-19(36)11-8-18)37-31-24-5-3-17-41(24)34(43)30(29)31/h2,4,6-8,10-11,15-16,22,24H,3,5,9,12-14,17H2,1H3,(H,38,42)(H,39,40,44)/t22-,24-/m1/s1. The normalized spacial score (nSPS) is 17.9. The number of fused-ring (bicyclic) bond motifs is 4. The van der Waals surface area contributed by atoms with E-state index < -0.39 is 5.76 Å². The van der Waals surface area contributed by atoms with Gasteiger partial charge in [-0.15, -0.1) is 11.3 Å². The zero-order valence-corrected chi connectivity index (χ0v) is 26.3. The third-order valence-electron chi connectivity index (χ3n) is 9.41. The first-order valence-corrected chi connectivity index (χ1v) is 16.5. The Hall–Kier alpha value is -5.10. The largest absolute Gasteiger partial charge is 0.496 e. The lowest BCUT2D eigenvalue weighted by molar-refractivity contribution is 0.0776. The number of carbonyl (C=O) groups excluding carboxylic acids is 2. The third-order valence-corrected chi connectivity index (χ3v) is 10.5.